The highest BCUT2D eigenvalue weighted by molar-refractivity contribution is 6.09. The molecule has 79 heavy (non-hydrogen) atoms. The van der Waals surface area contributed by atoms with Crippen LogP contribution in [0.1, 0.15) is 22.3 Å². The number of hydrogen-bond donors (Lipinski definition) is 0. The number of hydrogen-bond acceptors (Lipinski definition) is 2. The third-order valence-corrected chi connectivity index (χ3v) is 17.1. The highest BCUT2D eigenvalue weighted by Gasteiger charge is 2.51. The van der Waals surface area contributed by atoms with E-state index in [2.05, 4.69) is 304 Å². The first-order chi connectivity index (χ1) is 39.2. The van der Waals surface area contributed by atoms with Crippen molar-refractivity contribution >= 4 is 66.7 Å². The van der Waals surface area contributed by atoms with Crippen LogP contribution in [0, 0.1) is 0 Å². The number of imidazole rings is 2. The van der Waals surface area contributed by atoms with Crippen molar-refractivity contribution in [3.63, 3.8) is 0 Å². The van der Waals surface area contributed by atoms with Crippen LogP contribution in [0.2, 0.25) is 0 Å². The van der Waals surface area contributed by atoms with Crippen LogP contribution in [0.15, 0.2) is 285 Å². The van der Waals surface area contributed by atoms with Gasteiger partial charge in [-0.05, 0) is 158 Å². The maximum atomic E-state index is 5.38. The second kappa shape index (κ2) is 16.8. The minimum absolute atomic E-state index is 0.460. The third-order valence-electron chi connectivity index (χ3n) is 17.1. The Balaban J connectivity index is 0.827. The number of fused-ring (bicyclic) bond motifs is 18. The lowest BCUT2D eigenvalue weighted by atomic mass is 9.70. The molecular weight excluding hydrogens is 959 g/mol. The lowest BCUT2D eigenvalue weighted by Crippen LogP contribution is -2.26. The predicted octanol–water partition coefficient (Wildman–Crippen LogP) is 18.7. The van der Waals surface area contributed by atoms with Crippen LogP contribution in [0.25, 0.3) is 106 Å². The maximum absolute atomic E-state index is 5.38. The van der Waals surface area contributed by atoms with Crippen LogP contribution in [-0.2, 0) is 5.41 Å². The molecule has 0 aliphatic heterocycles. The highest BCUT2D eigenvalue weighted by atomic mass is 15.2. The summed E-state index contributed by atoms with van der Waals surface area (Å²) in [5, 5.41) is 2.48. The first kappa shape index (κ1) is 43.7. The number of nitrogens with zero attached hydrogens (tertiary/aromatic N) is 5. The van der Waals surface area contributed by atoms with Crippen LogP contribution >= 0.6 is 0 Å². The summed E-state index contributed by atoms with van der Waals surface area (Å²) in [7, 11) is 0. The molecule has 12 aromatic carbocycles. The van der Waals surface area contributed by atoms with Gasteiger partial charge in [-0.3, -0.25) is 8.97 Å². The van der Waals surface area contributed by atoms with Gasteiger partial charge in [0.1, 0.15) is 0 Å². The molecule has 3 aromatic heterocycles. The molecule has 0 saturated carbocycles. The largest absolute Gasteiger partial charge is 0.310 e. The molecule has 0 N–H and O–H groups in total. The van der Waals surface area contributed by atoms with Gasteiger partial charge in [-0.2, -0.15) is 0 Å². The summed E-state index contributed by atoms with van der Waals surface area (Å²) in [5.41, 5.74) is 26.6. The van der Waals surface area contributed by atoms with Gasteiger partial charge >= 0.3 is 0 Å². The average molecular weight is 1010 g/mol. The van der Waals surface area contributed by atoms with Gasteiger partial charge in [-0.25, -0.2) is 4.98 Å². The van der Waals surface area contributed by atoms with E-state index in [-0.39, 0.29) is 0 Å². The fourth-order valence-electron chi connectivity index (χ4n) is 13.7. The summed E-state index contributed by atoms with van der Waals surface area (Å²) in [4.78, 5) is 7.81. The molecule has 0 atom stereocenters. The molecule has 368 valence electrons. The summed E-state index contributed by atoms with van der Waals surface area (Å²) >= 11 is 0. The second-order valence-electron chi connectivity index (χ2n) is 21.1. The highest BCUT2D eigenvalue weighted by Crippen LogP contribution is 2.63. The van der Waals surface area contributed by atoms with Gasteiger partial charge in [-0.1, -0.05) is 194 Å². The van der Waals surface area contributed by atoms with Gasteiger partial charge in [0.05, 0.1) is 38.5 Å². The molecule has 17 rings (SSSR count). The zero-order valence-corrected chi connectivity index (χ0v) is 42.9. The molecule has 1 spiro atoms. The zero-order chi connectivity index (χ0) is 51.8. The Bertz CT molecular complexity index is 4830. The minimum Gasteiger partial charge on any atom is -0.310 e. The Kier molecular flexibility index (Phi) is 9.27. The SMILES string of the molecule is c1ccc(-c2ccc(N(c3ccc(-c4ccc5c(c4)n4c6cc(-n7c8ccccc8c8ccccc87)ccc6nc4n5-c4ccccc4)cc3)c3ccc4c(c3)C3(c5ccccc5-c5ccccc53)c3ccccc3-4)cc2)cc1. The smallest absolute Gasteiger partial charge is 0.220 e. The lowest BCUT2D eigenvalue weighted by molar-refractivity contribution is 0.793. The molecule has 0 unspecified atom stereocenters. The van der Waals surface area contributed by atoms with E-state index in [0.29, 0.717) is 0 Å². The van der Waals surface area contributed by atoms with Crippen LogP contribution in [0.3, 0.4) is 0 Å². The Morgan fingerprint density at radius 3 is 1.41 bits per heavy atom. The summed E-state index contributed by atoms with van der Waals surface area (Å²) in [6, 6.07) is 105. The molecule has 3 heterocycles. The van der Waals surface area contributed by atoms with E-state index in [4.69, 9.17) is 4.98 Å². The number of benzene rings is 12. The molecule has 15 aromatic rings. The molecule has 5 nitrogen and oxygen atoms in total. The number of anilines is 3. The average Bonchev–Trinajstić information content (AvgIpc) is 2.98. The van der Waals surface area contributed by atoms with Crippen LogP contribution < -0.4 is 4.90 Å². The maximum Gasteiger partial charge on any atom is 0.220 e. The number of para-hydroxylation sites is 3. The summed E-state index contributed by atoms with van der Waals surface area (Å²) in [6.07, 6.45) is 0. The van der Waals surface area contributed by atoms with Gasteiger partial charge in [0.25, 0.3) is 0 Å². The van der Waals surface area contributed by atoms with Gasteiger partial charge < -0.3 is 9.47 Å². The van der Waals surface area contributed by atoms with Crippen molar-refractivity contribution in [3.8, 4) is 55.9 Å². The molecule has 0 amide bonds. The molecular formula is C74H47N5. The van der Waals surface area contributed by atoms with Crippen molar-refractivity contribution in [2.75, 3.05) is 4.90 Å². The zero-order valence-electron chi connectivity index (χ0n) is 42.9. The summed E-state index contributed by atoms with van der Waals surface area (Å²) in [6.45, 7) is 0. The summed E-state index contributed by atoms with van der Waals surface area (Å²) in [5.74, 6) is 0.876. The second-order valence-corrected chi connectivity index (χ2v) is 21.1. The van der Waals surface area contributed by atoms with Crippen LogP contribution in [0.5, 0.6) is 0 Å². The van der Waals surface area contributed by atoms with Crippen LogP contribution in [-0.4, -0.2) is 18.5 Å². The number of aromatic nitrogens is 4. The Hall–Kier alpha value is -10.5. The number of rotatable bonds is 7. The van der Waals surface area contributed by atoms with Gasteiger partial charge in [-0.15, -0.1) is 0 Å². The molecule has 2 aliphatic rings. The Morgan fingerprint density at radius 2 is 0.785 bits per heavy atom. The van der Waals surface area contributed by atoms with Crippen molar-refractivity contribution in [1.29, 1.82) is 0 Å². The van der Waals surface area contributed by atoms with Crippen molar-refractivity contribution in [1.82, 2.24) is 18.5 Å². The molecule has 2 aliphatic carbocycles. The quantitative estimate of drug-likeness (QED) is 0.159. The van der Waals surface area contributed by atoms with E-state index in [1.807, 2.05) is 0 Å². The standard InChI is InChI=1S/C74H47N5/c1-3-17-48(18-4-1)49-31-36-53(37-32-49)76(55-40-42-60-59-23-9-14-28-65(59)74(66(60)46-55)63-26-12-7-21-57(63)58-22-8-13-27-64(58)74)54-38-33-50(34-39-54)51-35-44-70-72(45-51)79-71-47-56(41-43-67(71)75-73(79)78(70)52-19-5-2-6-20-52)77-68-29-15-10-24-61(68)62-25-11-16-30-69(62)77/h1-47H. The van der Waals surface area contributed by atoms with E-state index >= 15 is 0 Å². The fraction of sp³-hybridized carbons (Fsp3) is 0.0135. The lowest BCUT2D eigenvalue weighted by Gasteiger charge is -2.32. The van der Waals surface area contributed by atoms with E-state index in [1.54, 1.807) is 0 Å². The van der Waals surface area contributed by atoms with Gasteiger partial charge in [0.15, 0.2) is 0 Å². The Morgan fingerprint density at radius 1 is 0.291 bits per heavy atom. The minimum atomic E-state index is -0.460. The molecule has 0 saturated heterocycles. The molecule has 0 radical (unpaired) electrons. The normalized spacial score (nSPS) is 12.9. The predicted molar refractivity (Wildman–Crippen MR) is 326 cm³/mol. The van der Waals surface area contributed by atoms with Crippen molar-refractivity contribution in [2.45, 2.75) is 5.41 Å². The van der Waals surface area contributed by atoms with E-state index in [1.165, 1.54) is 77.4 Å². The van der Waals surface area contributed by atoms with Gasteiger partial charge in [0.2, 0.25) is 5.78 Å². The van der Waals surface area contributed by atoms with E-state index < -0.39 is 5.41 Å². The first-order valence-electron chi connectivity index (χ1n) is 27.2. The van der Waals surface area contributed by atoms with E-state index in [0.717, 1.165) is 67.4 Å². The van der Waals surface area contributed by atoms with Crippen molar-refractivity contribution in [3.05, 3.63) is 307 Å². The first-order valence-corrected chi connectivity index (χ1v) is 27.2. The monoisotopic (exact) mass is 1010 g/mol. The van der Waals surface area contributed by atoms with E-state index in [9.17, 15) is 0 Å². The Labute approximate surface area is 456 Å². The molecule has 0 fully saturated rings. The topological polar surface area (TPSA) is 30.4 Å². The van der Waals surface area contributed by atoms with Gasteiger partial charge in [0, 0.05) is 39.2 Å². The van der Waals surface area contributed by atoms with Crippen LogP contribution in [0.4, 0.5) is 17.1 Å². The van der Waals surface area contributed by atoms with Crippen molar-refractivity contribution < 1.29 is 0 Å². The molecule has 5 heteroatoms. The summed E-state index contributed by atoms with van der Waals surface area (Å²) < 4.78 is 7.04. The molecule has 0 bridgehead atoms. The third kappa shape index (κ3) is 6.24. The van der Waals surface area contributed by atoms with Crippen molar-refractivity contribution in [2.24, 2.45) is 0 Å². The fourth-order valence-corrected chi connectivity index (χ4v) is 13.7.